The minimum Gasteiger partial charge on any atom is -0.444 e. The number of carbonyl (C=O) groups excluding carboxylic acids is 1. The van der Waals surface area contributed by atoms with Crippen molar-refractivity contribution in [2.75, 3.05) is 25.0 Å². The summed E-state index contributed by atoms with van der Waals surface area (Å²) < 4.78 is 31.0. The Morgan fingerprint density at radius 1 is 1.12 bits per heavy atom. The number of pyridine rings is 1. The van der Waals surface area contributed by atoms with Gasteiger partial charge in [-0.1, -0.05) is 0 Å². The quantitative estimate of drug-likeness (QED) is 0.769. The van der Waals surface area contributed by atoms with Crippen LogP contribution in [0.25, 0.3) is 0 Å². The van der Waals surface area contributed by atoms with E-state index in [4.69, 9.17) is 4.74 Å². The van der Waals surface area contributed by atoms with Gasteiger partial charge in [0, 0.05) is 37.9 Å². The molecule has 10 heteroatoms. The average Bonchev–Trinajstić information content (AvgIpc) is 2.71. The van der Waals surface area contributed by atoms with Crippen molar-refractivity contribution in [3.63, 3.8) is 0 Å². The first kappa shape index (κ1) is 22.3. The molecule has 0 fully saturated rings. The maximum Gasteiger partial charge on any atom is 0.410 e. The van der Waals surface area contributed by atoms with E-state index in [0.29, 0.717) is 50.7 Å². The third-order valence-electron chi connectivity index (χ3n) is 5.37. The molecule has 0 bridgehead atoms. The molecule has 2 aliphatic heterocycles. The van der Waals surface area contributed by atoms with Gasteiger partial charge in [0.05, 0.1) is 30.7 Å². The number of fused-ring (bicyclic) bond motifs is 2. The lowest BCUT2D eigenvalue weighted by Gasteiger charge is -2.30. The molecule has 32 heavy (non-hydrogen) atoms. The third-order valence-corrected chi connectivity index (χ3v) is 5.37. The van der Waals surface area contributed by atoms with E-state index in [1.54, 1.807) is 22.2 Å². The number of carbonyl (C=O) groups is 1. The molecule has 0 saturated heterocycles. The summed E-state index contributed by atoms with van der Waals surface area (Å²) in [6.45, 7) is 7.22. The number of amides is 1. The van der Waals surface area contributed by atoms with Crippen molar-refractivity contribution < 1.29 is 18.3 Å². The Bertz CT molecular complexity index is 995. The van der Waals surface area contributed by atoms with Gasteiger partial charge in [0.1, 0.15) is 5.60 Å². The highest BCUT2D eigenvalue weighted by molar-refractivity contribution is 5.68. The summed E-state index contributed by atoms with van der Waals surface area (Å²) >= 11 is 0. The normalized spacial score (nSPS) is 16.5. The molecule has 2 aromatic heterocycles. The Kier molecular flexibility index (Phi) is 6.23. The fraction of sp³-hybridized carbons (Fsp3) is 0.545. The second-order valence-corrected chi connectivity index (χ2v) is 9.15. The van der Waals surface area contributed by atoms with Gasteiger partial charge in [0.2, 0.25) is 5.95 Å². The van der Waals surface area contributed by atoms with Crippen LogP contribution < -0.4 is 5.32 Å². The van der Waals surface area contributed by atoms with E-state index in [-0.39, 0.29) is 12.6 Å². The third kappa shape index (κ3) is 5.48. The van der Waals surface area contributed by atoms with Gasteiger partial charge in [0.15, 0.2) is 0 Å². The van der Waals surface area contributed by atoms with Gasteiger partial charge in [-0.2, -0.15) is 0 Å². The molecule has 0 aromatic carbocycles. The molecule has 4 heterocycles. The number of rotatable bonds is 4. The zero-order chi connectivity index (χ0) is 22.9. The fourth-order valence-corrected chi connectivity index (χ4v) is 3.88. The topological polar surface area (TPSA) is 83.5 Å². The lowest BCUT2D eigenvalue weighted by molar-refractivity contribution is 0.0220. The van der Waals surface area contributed by atoms with Crippen LogP contribution >= 0.6 is 0 Å². The van der Waals surface area contributed by atoms with Crippen molar-refractivity contribution in [3.05, 3.63) is 41.0 Å². The van der Waals surface area contributed by atoms with Crippen molar-refractivity contribution in [1.82, 2.24) is 24.8 Å². The van der Waals surface area contributed by atoms with E-state index >= 15 is 0 Å². The van der Waals surface area contributed by atoms with Crippen LogP contribution in [0, 0.1) is 0 Å². The smallest absolute Gasteiger partial charge is 0.410 e. The second-order valence-electron chi connectivity index (χ2n) is 9.15. The van der Waals surface area contributed by atoms with Crippen LogP contribution in [0.3, 0.4) is 0 Å². The van der Waals surface area contributed by atoms with Gasteiger partial charge in [-0.15, -0.1) is 0 Å². The monoisotopic (exact) mass is 446 g/mol. The minimum absolute atomic E-state index is 0.237. The van der Waals surface area contributed by atoms with Crippen LogP contribution in [-0.4, -0.2) is 62.5 Å². The number of alkyl halides is 2. The molecule has 1 amide bonds. The predicted molar refractivity (Wildman–Crippen MR) is 115 cm³/mol. The summed E-state index contributed by atoms with van der Waals surface area (Å²) in [5, 5.41) is 3.16. The molecule has 0 unspecified atom stereocenters. The number of nitrogens with one attached hydrogen (secondary N) is 1. The highest BCUT2D eigenvalue weighted by Crippen LogP contribution is 2.24. The molecule has 1 N–H and O–H groups in total. The maximum absolute atomic E-state index is 12.7. The first-order valence-electron chi connectivity index (χ1n) is 10.7. The van der Waals surface area contributed by atoms with Gasteiger partial charge in [0.25, 0.3) is 6.43 Å². The predicted octanol–water partition coefficient (Wildman–Crippen LogP) is 3.53. The molecular weight excluding hydrogens is 418 g/mol. The molecular formula is C22H28F2N6O2. The molecule has 0 aliphatic carbocycles. The average molecular weight is 447 g/mol. The summed E-state index contributed by atoms with van der Waals surface area (Å²) in [4.78, 5) is 29.3. The Labute approximate surface area is 186 Å². The van der Waals surface area contributed by atoms with Crippen LogP contribution in [0.1, 0.15) is 43.3 Å². The van der Waals surface area contributed by atoms with Crippen LogP contribution in [0.4, 0.5) is 25.2 Å². The van der Waals surface area contributed by atoms with Crippen molar-refractivity contribution in [2.24, 2.45) is 0 Å². The van der Waals surface area contributed by atoms with Crippen molar-refractivity contribution >= 4 is 17.7 Å². The van der Waals surface area contributed by atoms with Crippen LogP contribution in [-0.2, 0) is 30.7 Å². The molecule has 172 valence electrons. The molecule has 0 atom stereocenters. The molecule has 0 saturated carbocycles. The van der Waals surface area contributed by atoms with E-state index in [9.17, 15) is 13.6 Å². The maximum atomic E-state index is 12.7. The summed E-state index contributed by atoms with van der Waals surface area (Å²) in [6.07, 6.45) is 2.08. The van der Waals surface area contributed by atoms with Gasteiger partial charge < -0.3 is 15.0 Å². The van der Waals surface area contributed by atoms with Crippen LogP contribution in [0.5, 0.6) is 0 Å². The molecule has 2 aliphatic rings. The van der Waals surface area contributed by atoms with E-state index in [1.165, 1.54) is 0 Å². The number of nitrogens with zero attached hydrogens (tertiary/aromatic N) is 5. The summed E-state index contributed by atoms with van der Waals surface area (Å²) in [7, 11) is 0. The largest absolute Gasteiger partial charge is 0.444 e. The second kappa shape index (κ2) is 8.93. The molecule has 8 nitrogen and oxygen atoms in total. The van der Waals surface area contributed by atoms with Crippen molar-refractivity contribution in [1.29, 1.82) is 0 Å². The number of ether oxygens (including phenoxy) is 1. The summed E-state index contributed by atoms with van der Waals surface area (Å²) in [6, 6.07) is 1.91. The van der Waals surface area contributed by atoms with Crippen molar-refractivity contribution in [2.45, 2.75) is 58.7 Å². The highest BCUT2D eigenvalue weighted by Gasteiger charge is 2.27. The van der Waals surface area contributed by atoms with Crippen molar-refractivity contribution in [3.8, 4) is 0 Å². The van der Waals surface area contributed by atoms with Gasteiger partial charge in [-0.3, -0.25) is 9.88 Å². The van der Waals surface area contributed by atoms with Crippen LogP contribution in [0.15, 0.2) is 18.5 Å². The molecule has 2 aromatic rings. The van der Waals surface area contributed by atoms with Gasteiger partial charge in [-0.05, 0) is 44.4 Å². The number of aromatic nitrogens is 3. The first-order valence-corrected chi connectivity index (χ1v) is 10.7. The molecule has 0 spiro atoms. The van der Waals surface area contributed by atoms with E-state index in [2.05, 4.69) is 20.3 Å². The zero-order valence-electron chi connectivity index (χ0n) is 18.6. The number of hydrogen-bond acceptors (Lipinski definition) is 7. The Balaban J connectivity index is 1.45. The molecule has 4 rings (SSSR count). The fourth-order valence-electron chi connectivity index (χ4n) is 3.88. The Hall–Kier alpha value is -2.88. The Morgan fingerprint density at radius 3 is 2.69 bits per heavy atom. The minimum atomic E-state index is -2.35. The lowest BCUT2D eigenvalue weighted by Crippen LogP contribution is -2.40. The Morgan fingerprint density at radius 2 is 1.94 bits per heavy atom. The summed E-state index contributed by atoms with van der Waals surface area (Å²) in [5.74, 6) is 0.400. The number of anilines is 2. The lowest BCUT2D eigenvalue weighted by atomic mass is 10.1. The van der Waals surface area contributed by atoms with Gasteiger partial charge in [-0.25, -0.2) is 23.5 Å². The standard InChI is InChI=1S/C22H28F2N6O2/c1-22(2,3)32-21(31)30-7-4-14-9-26-20(28-18(14)12-30)27-16-8-15-11-29(13-19(23)24)6-5-17(15)25-10-16/h8-10,19H,4-7,11-13H2,1-3H3,(H,26,27,28). The van der Waals surface area contributed by atoms with E-state index in [1.807, 2.05) is 26.8 Å². The zero-order valence-corrected chi connectivity index (χ0v) is 18.6. The molecule has 0 radical (unpaired) electrons. The number of halogens is 2. The van der Waals surface area contributed by atoms with Gasteiger partial charge >= 0.3 is 6.09 Å². The highest BCUT2D eigenvalue weighted by atomic mass is 19.3. The SMILES string of the molecule is CC(C)(C)OC(=O)N1CCc2cnc(Nc3cnc4c(c3)CN(CC(F)F)CC4)nc2C1. The van der Waals surface area contributed by atoms with E-state index < -0.39 is 12.0 Å². The summed E-state index contributed by atoms with van der Waals surface area (Å²) in [5.41, 5.74) is 3.77. The van der Waals surface area contributed by atoms with Crippen LogP contribution in [0.2, 0.25) is 0 Å². The number of hydrogen-bond donors (Lipinski definition) is 1. The van der Waals surface area contributed by atoms with E-state index in [0.717, 1.165) is 22.5 Å². The first-order chi connectivity index (χ1) is 15.2.